The number of anilines is 2. The van der Waals surface area contributed by atoms with E-state index in [0.29, 0.717) is 16.7 Å². The van der Waals surface area contributed by atoms with Crippen molar-refractivity contribution in [3.05, 3.63) is 94.8 Å². The van der Waals surface area contributed by atoms with Crippen LogP contribution in [0, 0.1) is 13.8 Å². The van der Waals surface area contributed by atoms with Crippen molar-refractivity contribution < 1.29 is 4.79 Å². The second-order valence-electron chi connectivity index (χ2n) is 7.56. The summed E-state index contributed by atoms with van der Waals surface area (Å²) in [6.45, 7) is 4.45. The molecule has 0 saturated heterocycles. The molecule has 0 aliphatic carbocycles. The monoisotopic (exact) mass is 477 g/mol. The van der Waals surface area contributed by atoms with Crippen LogP contribution >= 0.6 is 23.4 Å². The molecule has 4 aromatic rings. The highest BCUT2D eigenvalue weighted by atomic mass is 35.5. The molecule has 168 valence electrons. The second-order valence-corrected chi connectivity index (χ2v) is 8.91. The van der Waals surface area contributed by atoms with Gasteiger partial charge in [0.15, 0.2) is 11.0 Å². The first-order chi connectivity index (χ1) is 16.0. The van der Waals surface area contributed by atoms with Crippen LogP contribution in [0.15, 0.2) is 78.0 Å². The Bertz CT molecular complexity index is 1260. The Morgan fingerprint density at radius 1 is 0.970 bits per heavy atom. The number of hydrogen-bond donors (Lipinski definition) is 2. The van der Waals surface area contributed by atoms with Gasteiger partial charge in [-0.3, -0.25) is 9.36 Å². The van der Waals surface area contributed by atoms with Gasteiger partial charge in [-0.15, -0.1) is 10.2 Å². The number of thioether (sulfide) groups is 1. The number of carbonyl (C=O) groups excluding carboxylic acids is 1. The van der Waals surface area contributed by atoms with E-state index in [4.69, 9.17) is 11.6 Å². The third-order valence-electron chi connectivity index (χ3n) is 5.01. The van der Waals surface area contributed by atoms with E-state index in [2.05, 4.69) is 20.8 Å². The Balaban J connectivity index is 1.50. The third-order valence-corrected chi connectivity index (χ3v) is 6.27. The number of amides is 1. The fourth-order valence-corrected chi connectivity index (χ4v) is 4.37. The molecular formula is C25H24ClN5OS. The maximum absolute atomic E-state index is 12.6. The number of hydrogen-bond acceptors (Lipinski definition) is 5. The number of para-hydroxylation sites is 2. The number of benzene rings is 3. The quantitative estimate of drug-likeness (QED) is 0.310. The van der Waals surface area contributed by atoms with Crippen LogP contribution in [0.3, 0.4) is 0 Å². The predicted molar refractivity (Wildman–Crippen MR) is 135 cm³/mol. The Kier molecular flexibility index (Phi) is 7.32. The number of carbonyl (C=O) groups is 1. The molecule has 0 radical (unpaired) electrons. The van der Waals surface area contributed by atoms with E-state index in [1.165, 1.54) is 11.8 Å². The standard InChI is InChI=1S/C25H24ClN5OS/c1-17-12-13-21(18(2)14-17)28-24(32)16-33-25-30-29-23(31(25)19-8-4-3-5-9-19)15-27-22-11-7-6-10-20(22)26/h3-14,27H,15-16H2,1-2H3,(H,28,32). The number of nitrogens with zero attached hydrogens (tertiary/aromatic N) is 3. The van der Waals surface area contributed by atoms with Crippen molar-refractivity contribution in [1.82, 2.24) is 14.8 Å². The van der Waals surface area contributed by atoms with Crippen LogP contribution in [0.4, 0.5) is 11.4 Å². The Morgan fingerprint density at radius 3 is 2.48 bits per heavy atom. The lowest BCUT2D eigenvalue weighted by Gasteiger charge is -2.12. The number of rotatable bonds is 8. The number of halogens is 1. The molecule has 8 heteroatoms. The van der Waals surface area contributed by atoms with Gasteiger partial charge in [0.1, 0.15) is 0 Å². The van der Waals surface area contributed by atoms with Gasteiger partial charge in [-0.25, -0.2) is 0 Å². The maximum Gasteiger partial charge on any atom is 0.234 e. The molecule has 0 spiro atoms. The van der Waals surface area contributed by atoms with Crippen molar-refractivity contribution in [2.45, 2.75) is 25.5 Å². The molecule has 2 N–H and O–H groups in total. The van der Waals surface area contributed by atoms with Gasteiger partial charge in [-0.2, -0.15) is 0 Å². The molecule has 1 heterocycles. The minimum absolute atomic E-state index is 0.0923. The predicted octanol–water partition coefficient (Wildman–Crippen LogP) is 5.88. The summed E-state index contributed by atoms with van der Waals surface area (Å²) in [5.41, 5.74) is 4.77. The third kappa shape index (κ3) is 5.74. The average Bonchev–Trinajstić information content (AvgIpc) is 3.22. The summed E-state index contributed by atoms with van der Waals surface area (Å²) in [7, 11) is 0. The molecular weight excluding hydrogens is 454 g/mol. The molecule has 0 fully saturated rings. The lowest BCUT2D eigenvalue weighted by atomic mass is 10.1. The smallest absolute Gasteiger partial charge is 0.234 e. The van der Waals surface area contributed by atoms with E-state index in [9.17, 15) is 4.79 Å². The van der Waals surface area contributed by atoms with Gasteiger partial charge in [-0.05, 0) is 49.7 Å². The van der Waals surface area contributed by atoms with E-state index in [0.717, 1.165) is 34.0 Å². The maximum atomic E-state index is 12.6. The van der Waals surface area contributed by atoms with Crippen molar-refractivity contribution in [1.29, 1.82) is 0 Å². The van der Waals surface area contributed by atoms with Crippen LogP contribution in [0.2, 0.25) is 5.02 Å². The van der Waals surface area contributed by atoms with Crippen molar-refractivity contribution in [2.75, 3.05) is 16.4 Å². The zero-order chi connectivity index (χ0) is 23.2. The minimum atomic E-state index is -0.0923. The first-order valence-corrected chi connectivity index (χ1v) is 11.9. The number of aryl methyl sites for hydroxylation is 2. The van der Waals surface area contributed by atoms with E-state index in [-0.39, 0.29) is 11.7 Å². The zero-order valence-corrected chi connectivity index (χ0v) is 20.0. The largest absolute Gasteiger partial charge is 0.377 e. The van der Waals surface area contributed by atoms with Gasteiger partial charge in [0.05, 0.1) is 23.0 Å². The highest BCUT2D eigenvalue weighted by Crippen LogP contribution is 2.25. The van der Waals surface area contributed by atoms with Gasteiger partial charge in [0.25, 0.3) is 0 Å². The van der Waals surface area contributed by atoms with Crippen molar-refractivity contribution in [3.63, 3.8) is 0 Å². The van der Waals surface area contributed by atoms with Gasteiger partial charge in [0, 0.05) is 11.4 Å². The lowest BCUT2D eigenvalue weighted by molar-refractivity contribution is -0.113. The topological polar surface area (TPSA) is 71.8 Å². The normalized spacial score (nSPS) is 10.8. The fourth-order valence-electron chi connectivity index (χ4n) is 3.39. The zero-order valence-electron chi connectivity index (χ0n) is 18.4. The van der Waals surface area contributed by atoms with Crippen LogP contribution < -0.4 is 10.6 Å². The van der Waals surface area contributed by atoms with E-state index < -0.39 is 0 Å². The first kappa shape index (κ1) is 22.9. The molecule has 0 unspecified atom stereocenters. The molecule has 33 heavy (non-hydrogen) atoms. The second kappa shape index (κ2) is 10.6. The molecule has 4 rings (SSSR count). The summed E-state index contributed by atoms with van der Waals surface area (Å²) in [4.78, 5) is 12.6. The summed E-state index contributed by atoms with van der Waals surface area (Å²) in [6.07, 6.45) is 0. The molecule has 0 aliphatic heterocycles. The molecule has 6 nitrogen and oxygen atoms in total. The van der Waals surface area contributed by atoms with Crippen LogP contribution in [0.25, 0.3) is 5.69 Å². The minimum Gasteiger partial charge on any atom is -0.377 e. The SMILES string of the molecule is Cc1ccc(NC(=O)CSc2nnc(CNc3ccccc3Cl)n2-c2ccccc2)c(C)c1. The van der Waals surface area contributed by atoms with E-state index in [1.54, 1.807) is 0 Å². The number of nitrogens with one attached hydrogen (secondary N) is 2. The summed E-state index contributed by atoms with van der Waals surface area (Å²) in [6, 6.07) is 23.4. The molecule has 3 aromatic carbocycles. The highest BCUT2D eigenvalue weighted by Gasteiger charge is 2.16. The summed E-state index contributed by atoms with van der Waals surface area (Å²) in [5, 5.41) is 16.3. The van der Waals surface area contributed by atoms with Crippen molar-refractivity contribution in [2.24, 2.45) is 0 Å². The Labute approximate surface area is 202 Å². The van der Waals surface area contributed by atoms with Crippen LogP contribution in [-0.4, -0.2) is 26.4 Å². The van der Waals surface area contributed by atoms with Gasteiger partial charge in [0.2, 0.25) is 5.91 Å². The molecule has 0 bridgehead atoms. The van der Waals surface area contributed by atoms with Crippen molar-refractivity contribution >= 4 is 40.6 Å². The summed E-state index contributed by atoms with van der Waals surface area (Å²) in [5.74, 6) is 0.847. The van der Waals surface area contributed by atoms with Crippen LogP contribution in [0.1, 0.15) is 17.0 Å². The highest BCUT2D eigenvalue weighted by molar-refractivity contribution is 7.99. The van der Waals surface area contributed by atoms with Crippen LogP contribution in [0.5, 0.6) is 0 Å². The van der Waals surface area contributed by atoms with Gasteiger partial charge in [-0.1, -0.05) is 71.4 Å². The van der Waals surface area contributed by atoms with Gasteiger partial charge >= 0.3 is 0 Å². The van der Waals surface area contributed by atoms with Crippen molar-refractivity contribution in [3.8, 4) is 5.69 Å². The average molecular weight is 478 g/mol. The summed E-state index contributed by atoms with van der Waals surface area (Å²) >= 11 is 7.62. The molecule has 1 amide bonds. The molecule has 0 aliphatic rings. The fraction of sp³-hybridized carbons (Fsp3) is 0.160. The number of aromatic nitrogens is 3. The van der Waals surface area contributed by atoms with Crippen LogP contribution in [-0.2, 0) is 11.3 Å². The lowest BCUT2D eigenvalue weighted by Crippen LogP contribution is -2.15. The van der Waals surface area contributed by atoms with E-state index >= 15 is 0 Å². The Morgan fingerprint density at radius 2 is 1.73 bits per heavy atom. The molecule has 0 saturated carbocycles. The van der Waals surface area contributed by atoms with Gasteiger partial charge < -0.3 is 10.6 Å². The molecule has 1 aromatic heterocycles. The Hall–Kier alpha value is -3.29. The van der Waals surface area contributed by atoms with E-state index in [1.807, 2.05) is 91.2 Å². The molecule has 0 atom stereocenters. The summed E-state index contributed by atoms with van der Waals surface area (Å²) < 4.78 is 1.96. The first-order valence-electron chi connectivity index (χ1n) is 10.5.